The van der Waals surface area contributed by atoms with E-state index in [1.807, 2.05) is 55.6 Å². The number of hydrogen-bond acceptors (Lipinski definition) is 2. The highest BCUT2D eigenvalue weighted by Gasteiger charge is 2.17. The van der Waals surface area contributed by atoms with Gasteiger partial charge in [-0.15, -0.1) is 0 Å². The number of furan rings is 1. The summed E-state index contributed by atoms with van der Waals surface area (Å²) in [6.07, 6.45) is 1.17. The SMILES string of the molecule is CCc1oc2ccccc2c1CN(C)C(=O)Cc1ccc(Cl)cc1. The molecule has 2 aromatic carbocycles. The van der Waals surface area contributed by atoms with Gasteiger partial charge in [0.25, 0.3) is 0 Å². The lowest BCUT2D eigenvalue weighted by Crippen LogP contribution is -2.28. The van der Waals surface area contributed by atoms with Crippen LogP contribution in [0, 0.1) is 0 Å². The highest BCUT2D eigenvalue weighted by atomic mass is 35.5. The number of likely N-dealkylation sites (N-methyl/N-ethyl adjacent to an activating group) is 1. The van der Waals surface area contributed by atoms with Crippen LogP contribution in [0.15, 0.2) is 52.9 Å². The number of halogens is 1. The molecule has 124 valence electrons. The van der Waals surface area contributed by atoms with Gasteiger partial charge in [-0.1, -0.05) is 48.9 Å². The third kappa shape index (κ3) is 3.46. The predicted octanol–water partition coefficient (Wildman–Crippen LogP) is 4.85. The van der Waals surface area contributed by atoms with Crippen molar-refractivity contribution in [2.45, 2.75) is 26.3 Å². The van der Waals surface area contributed by atoms with Crippen molar-refractivity contribution in [3.05, 3.63) is 70.4 Å². The first kappa shape index (κ1) is 16.6. The Labute approximate surface area is 146 Å². The quantitative estimate of drug-likeness (QED) is 0.664. The summed E-state index contributed by atoms with van der Waals surface area (Å²) in [5.41, 5.74) is 2.94. The summed E-state index contributed by atoms with van der Waals surface area (Å²) in [7, 11) is 1.83. The third-order valence-electron chi connectivity index (χ3n) is 4.19. The molecule has 0 aliphatic carbocycles. The molecule has 1 heterocycles. The van der Waals surface area contributed by atoms with Gasteiger partial charge >= 0.3 is 0 Å². The summed E-state index contributed by atoms with van der Waals surface area (Å²) in [5, 5.41) is 1.76. The van der Waals surface area contributed by atoms with E-state index in [0.717, 1.165) is 34.3 Å². The van der Waals surface area contributed by atoms with Crippen molar-refractivity contribution >= 4 is 28.5 Å². The second kappa shape index (κ2) is 7.10. The van der Waals surface area contributed by atoms with Crippen molar-refractivity contribution in [3.63, 3.8) is 0 Å². The molecule has 3 aromatic rings. The van der Waals surface area contributed by atoms with Gasteiger partial charge in [-0.25, -0.2) is 0 Å². The minimum atomic E-state index is 0.0738. The second-order valence-corrected chi connectivity index (χ2v) is 6.34. The van der Waals surface area contributed by atoms with E-state index in [1.165, 1.54) is 0 Å². The lowest BCUT2D eigenvalue weighted by molar-refractivity contribution is -0.129. The fourth-order valence-electron chi connectivity index (χ4n) is 2.85. The molecule has 0 aliphatic rings. The van der Waals surface area contributed by atoms with E-state index in [2.05, 4.69) is 6.92 Å². The lowest BCUT2D eigenvalue weighted by atomic mass is 10.1. The van der Waals surface area contributed by atoms with E-state index in [9.17, 15) is 4.79 Å². The molecule has 0 bridgehead atoms. The van der Waals surface area contributed by atoms with Crippen LogP contribution in [0.1, 0.15) is 23.8 Å². The molecule has 3 nitrogen and oxygen atoms in total. The lowest BCUT2D eigenvalue weighted by Gasteiger charge is -2.17. The van der Waals surface area contributed by atoms with E-state index in [-0.39, 0.29) is 5.91 Å². The van der Waals surface area contributed by atoms with Gasteiger partial charge in [0.1, 0.15) is 11.3 Å². The Bertz CT molecular complexity index is 852. The highest BCUT2D eigenvalue weighted by molar-refractivity contribution is 6.30. The number of nitrogens with zero attached hydrogens (tertiary/aromatic N) is 1. The number of hydrogen-bond donors (Lipinski definition) is 0. The standard InChI is InChI=1S/C20H20ClNO2/c1-3-18-17(16-6-4-5-7-19(16)24-18)13-22(2)20(23)12-14-8-10-15(21)11-9-14/h4-11H,3,12-13H2,1-2H3. The van der Waals surface area contributed by atoms with E-state index < -0.39 is 0 Å². The minimum Gasteiger partial charge on any atom is -0.461 e. The minimum absolute atomic E-state index is 0.0738. The van der Waals surface area contributed by atoms with Crippen LogP contribution < -0.4 is 0 Å². The van der Waals surface area contributed by atoms with Crippen molar-refractivity contribution in [3.8, 4) is 0 Å². The summed E-state index contributed by atoms with van der Waals surface area (Å²) in [6, 6.07) is 15.4. The molecule has 24 heavy (non-hydrogen) atoms. The summed E-state index contributed by atoms with van der Waals surface area (Å²) in [6.45, 7) is 2.61. The summed E-state index contributed by atoms with van der Waals surface area (Å²) >= 11 is 5.89. The topological polar surface area (TPSA) is 33.5 Å². The average molecular weight is 342 g/mol. The predicted molar refractivity (Wildman–Crippen MR) is 97.2 cm³/mol. The molecule has 0 aliphatic heterocycles. The number of amides is 1. The highest BCUT2D eigenvalue weighted by Crippen LogP contribution is 2.27. The summed E-state index contributed by atoms with van der Waals surface area (Å²) in [5.74, 6) is 1.02. The fraction of sp³-hybridized carbons (Fsp3) is 0.250. The first-order valence-electron chi connectivity index (χ1n) is 8.06. The molecular formula is C20H20ClNO2. The van der Waals surface area contributed by atoms with E-state index >= 15 is 0 Å². The molecule has 0 N–H and O–H groups in total. The Morgan fingerprint density at radius 3 is 2.54 bits per heavy atom. The van der Waals surface area contributed by atoms with Crippen LogP contribution in [0.3, 0.4) is 0 Å². The molecule has 0 saturated carbocycles. The van der Waals surface area contributed by atoms with Crippen molar-refractivity contribution in [1.29, 1.82) is 0 Å². The number of carbonyl (C=O) groups excluding carboxylic acids is 1. The Morgan fingerprint density at radius 2 is 1.83 bits per heavy atom. The molecule has 1 amide bonds. The van der Waals surface area contributed by atoms with Crippen LogP contribution in [-0.2, 0) is 24.2 Å². The Balaban J connectivity index is 1.77. The monoisotopic (exact) mass is 341 g/mol. The van der Waals surface area contributed by atoms with Gasteiger partial charge < -0.3 is 9.32 Å². The van der Waals surface area contributed by atoms with Crippen LogP contribution >= 0.6 is 11.6 Å². The van der Waals surface area contributed by atoms with E-state index in [4.69, 9.17) is 16.0 Å². The maximum absolute atomic E-state index is 12.5. The molecular weight excluding hydrogens is 322 g/mol. The maximum Gasteiger partial charge on any atom is 0.227 e. The zero-order valence-corrected chi connectivity index (χ0v) is 14.6. The molecule has 0 spiro atoms. The van der Waals surface area contributed by atoms with Gasteiger partial charge in [0.15, 0.2) is 0 Å². The van der Waals surface area contributed by atoms with E-state index in [0.29, 0.717) is 18.0 Å². The van der Waals surface area contributed by atoms with Crippen LogP contribution in [0.5, 0.6) is 0 Å². The second-order valence-electron chi connectivity index (χ2n) is 5.91. The van der Waals surface area contributed by atoms with Gasteiger partial charge in [-0.3, -0.25) is 4.79 Å². The molecule has 0 fully saturated rings. The normalized spacial score (nSPS) is 11.0. The van der Waals surface area contributed by atoms with Crippen LogP contribution in [0.4, 0.5) is 0 Å². The molecule has 1 aromatic heterocycles. The van der Waals surface area contributed by atoms with Crippen LogP contribution in [-0.4, -0.2) is 17.9 Å². The number of aryl methyl sites for hydroxylation is 1. The number of benzene rings is 2. The van der Waals surface area contributed by atoms with Gasteiger partial charge in [0.2, 0.25) is 5.91 Å². The molecule has 0 atom stereocenters. The van der Waals surface area contributed by atoms with Gasteiger partial charge in [0.05, 0.1) is 6.42 Å². The smallest absolute Gasteiger partial charge is 0.227 e. The third-order valence-corrected chi connectivity index (χ3v) is 4.44. The van der Waals surface area contributed by atoms with Crippen LogP contribution in [0.2, 0.25) is 5.02 Å². The molecule has 0 unspecified atom stereocenters. The van der Waals surface area contributed by atoms with Gasteiger partial charge in [-0.2, -0.15) is 0 Å². The Hall–Kier alpha value is -2.26. The number of carbonyl (C=O) groups is 1. The molecule has 3 rings (SSSR count). The van der Waals surface area contributed by atoms with Crippen LogP contribution in [0.25, 0.3) is 11.0 Å². The van der Waals surface area contributed by atoms with Crippen molar-refractivity contribution in [2.24, 2.45) is 0 Å². The maximum atomic E-state index is 12.5. The number of para-hydroxylation sites is 1. The first-order valence-corrected chi connectivity index (χ1v) is 8.44. The number of fused-ring (bicyclic) bond motifs is 1. The summed E-state index contributed by atoms with van der Waals surface area (Å²) < 4.78 is 5.91. The zero-order valence-electron chi connectivity index (χ0n) is 13.9. The Kier molecular flexibility index (Phi) is 4.91. The Morgan fingerprint density at radius 1 is 1.12 bits per heavy atom. The van der Waals surface area contributed by atoms with Crippen molar-refractivity contribution < 1.29 is 9.21 Å². The molecule has 4 heteroatoms. The van der Waals surface area contributed by atoms with Crippen molar-refractivity contribution in [1.82, 2.24) is 4.90 Å². The zero-order chi connectivity index (χ0) is 17.1. The van der Waals surface area contributed by atoms with Gasteiger partial charge in [-0.05, 0) is 23.8 Å². The first-order chi connectivity index (χ1) is 11.6. The van der Waals surface area contributed by atoms with Crippen molar-refractivity contribution in [2.75, 3.05) is 7.05 Å². The molecule has 0 radical (unpaired) electrons. The fourth-order valence-corrected chi connectivity index (χ4v) is 2.97. The average Bonchev–Trinajstić information content (AvgIpc) is 2.94. The van der Waals surface area contributed by atoms with Gasteiger partial charge in [0, 0.05) is 36.0 Å². The molecule has 0 saturated heterocycles. The number of rotatable bonds is 5. The van der Waals surface area contributed by atoms with E-state index in [1.54, 1.807) is 4.90 Å². The summed E-state index contributed by atoms with van der Waals surface area (Å²) in [4.78, 5) is 14.3. The largest absolute Gasteiger partial charge is 0.461 e.